The van der Waals surface area contributed by atoms with Gasteiger partial charge < -0.3 is 15.6 Å². The highest BCUT2D eigenvalue weighted by molar-refractivity contribution is 7.90. The third kappa shape index (κ3) is 6.01. The van der Waals surface area contributed by atoms with Gasteiger partial charge in [0.25, 0.3) is 10.0 Å². The molecule has 0 spiro atoms. The van der Waals surface area contributed by atoms with Crippen LogP contribution in [-0.4, -0.2) is 57.4 Å². The number of halogens is 1. The number of H-pyrrole nitrogens is 1. The zero-order valence-corrected chi connectivity index (χ0v) is 24.5. The second-order valence-corrected chi connectivity index (χ2v) is 11.9. The lowest BCUT2D eigenvalue weighted by atomic mass is 9.86. The number of nitrogens with one attached hydrogen (secondary N) is 1. The summed E-state index contributed by atoms with van der Waals surface area (Å²) in [7, 11) is -4.16. The van der Waals surface area contributed by atoms with E-state index in [9.17, 15) is 13.5 Å². The first kappa shape index (κ1) is 29.0. The number of ether oxygens (including phenoxy) is 1. The Morgan fingerprint density at radius 3 is 2.45 bits per heavy atom. The van der Waals surface area contributed by atoms with Crippen molar-refractivity contribution in [3.05, 3.63) is 125 Å². The predicted molar refractivity (Wildman–Crippen MR) is 164 cm³/mol. The molecule has 1 aliphatic heterocycles. The number of β-amino-alcohol motifs (C(OH)–C–C–N with tert-alkyl or cyclic N) is 1. The number of guanidine groups is 1. The molecule has 4 aromatic carbocycles. The molecule has 1 atom stereocenters. The number of nitrogens with two attached hydrogens (primary N) is 1. The van der Waals surface area contributed by atoms with Crippen molar-refractivity contribution in [3.8, 4) is 17.1 Å². The highest BCUT2D eigenvalue weighted by Gasteiger charge is 2.44. The highest BCUT2D eigenvalue weighted by Crippen LogP contribution is 2.34. The Kier molecular flexibility index (Phi) is 7.82. The summed E-state index contributed by atoms with van der Waals surface area (Å²) in [5.74, 6) is 0.682. The molecule has 14 heteroatoms. The van der Waals surface area contributed by atoms with Crippen LogP contribution in [0.3, 0.4) is 0 Å². The molecule has 0 saturated heterocycles. The molecule has 44 heavy (non-hydrogen) atoms. The van der Waals surface area contributed by atoms with Gasteiger partial charge in [0, 0.05) is 16.1 Å². The second kappa shape index (κ2) is 11.9. The van der Waals surface area contributed by atoms with E-state index in [1.807, 2.05) is 30.3 Å². The monoisotopic (exact) mass is 628 g/mol. The Labute approximate surface area is 257 Å². The van der Waals surface area contributed by atoms with Gasteiger partial charge in [-0.15, -0.1) is 14.6 Å². The minimum Gasteiger partial charge on any atom is -0.489 e. The third-order valence-corrected chi connectivity index (χ3v) is 8.44. The fourth-order valence-corrected chi connectivity index (χ4v) is 5.74. The number of tetrazole rings is 1. The zero-order chi connectivity index (χ0) is 30.7. The van der Waals surface area contributed by atoms with E-state index in [0.717, 1.165) is 11.1 Å². The number of aromatic amines is 1. The summed E-state index contributed by atoms with van der Waals surface area (Å²) in [5.41, 5.74) is 7.65. The maximum Gasteiger partial charge on any atom is 0.285 e. The molecule has 0 bridgehead atoms. The molecular formula is C30H25ClN8O4S. The van der Waals surface area contributed by atoms with Crippen molar-refractivity contribution >= 4 is 33.3 Å². The Hall–Kier alpha value is -5.11. The number of nitrogens with zero attached hydrogens (tertiary/aromatic N) is 6. The van der Waals surface area contributed by atoms with Crippen LogP contribution < -0.4 is 10.5 Å². The van der Waals surface area contributed by atoms with E-state index in [2.05, 4.69) is 30.1 Å². The smallest absolute Gasteiger partial charge is 0.285 e. The number of hydrazone groups is 1. The van der Waals surface area contributed by atoms with Crippen molar-refractivity contribution in [3.63, 3.8) is 0 Å². The second-order valence-electron chi connectivity index (χ2n) is 9.86. The summed E-state index contributed by atoms with van der Waals surface area (Å²) in [5, 5.41) is 32.1. The quantitative estimate of drug-likeness (QED) is 0.171. The molecule has 1 aliphatic rings. The van der Waals surface area contributed by atoms with Crippen LogP contribution in [0.15, 0.2) is 118 Å². The number of sulfonamides is 1. The highest BCUT2D eigenvalue weighted by atomic mass is 35.5. The van der Waals surface area contributed by atoms with Gasteiger partial charge in [-0.05, 0) is 70.9 Å². The predicted octanol–water partition coefficient (Wildman–Crippen LogP) is 3.71. The van der Waals surface area contributed by atoms with Crippen LogP contribution >= 0.6 is 11.6 Å². The van der Waals surface area contributed by atoms with E-state index in [4.69, 9.17) is 22.1 Å². The zero-order valence-electron chi connectivity index (χ0n) is 22.9. The fraction of sp³-hybridized carbons (Fsp3) is 0.100. The molecule has 0 amide bonds. The molecule has 2 heterocycles. The van der Waals surface area contributed by atoms with Crippen molar-refractivity contribution in [2.75, 3.05) is 6.54 Å². The van der Waals surface area contributed by atoms with Crippen molar-refractivity contribution in [2.24, 2.45) is 15.2 Å². The van der Waals surface area contributed by atoms with Gasteiger partial charge in [0.15, 0.2) is 5.60 Å². The maximum atomic E-state index is 12.9. The van der Waals surface area contributed by atoms with E-state index in [0.29, 0.717) is 34.3 Å². The summed E-state index contributed by atoms with van der Waals surface area (Å²) in [6, 6.07) is 29.2. The molecule has 0 fully saturated rings. The van der Waals surface area contributed by atoms with E-state index in [1.165, 1.54) is 29.3 Å². The van der Waals surface area contributed by atoms with E-state index >= 15 is 0 Å². The van der Waals surface area contributed by atoms with Gasteiger partial charge in [-0.25, -0.2) is 5.01 Å². The molecular weight excluding hydrogens is 604 g/mol. The third-order valence-electron chi connectivity index (χ3n) is 6.90. The number of hydrogen-bond acceptors (Lipinski definition) is 8. The van der Waals surface area contributed by atoms with Crippen LogP contribution in [0.5, 0.6) is 5.75 Å². The van der Waals surface area contributed by atoms with Crippen LogP contribution in [0.25, 0.3) is 11.4 Å². The van der Waals surface area contributed by atoms with Crippen molar-refractivity contribution < 1.29 is 18.3 Å². The molecule has 1 aromatic heterocycles. The summed E-state index contributed by atoms with van der Waals surface area (Å²) < 4.78 is 35.6. The lowest BCUT2D eigenvalue weighted by molar-refractivity contribution is 0.104. The average molecular weight is 629 g/mol. The Balaban J connectivity index is 1.25. The first-order chi connectivity index (χ1) is 21.2. The molecule has 0 radical (unpaired) electrons. The van der Waals surface area contributed by atoms with E-state index < -0.39 is 21.6 Å². The van der Waals surface area contributed by atoms with Gasteiger partial charge >= 0.3 is 0 Å². The molecule has 5 aromatic rings. The molecule has 222 valence electrons. The Morgan fingerprint density at radius 1 is 1.00 bits per heavy atom. The Morgan fingerprint density at radius 2 is 1.75 bits per heavy atom. The lowest BCUT2D eigenvalue weighted by Crippen LogP contribution is -2.42. The topological polar surface area (TPSA) is 172 Å². The van der Waals surface area contributed by atoms with Gasteiger partial charge in [0.05, 0.1) is 11.4 Å². The first-order valence-electron chi connectivity index (χ1n) is 13.3. The van der Waals surface area contributed by atoms with Crippen LogP contribution in [0.4, 0.5) is 0 Å². The summed E-state index contributed by atoms with van der Waals surface area (Å²) in [6.07, 6.45) is 0. The molecule has 1 unspecified atom stereocenters. The largest absolute Gasteiger partial charge is 0.489 e. The number of benzene rings is 4. The summed E-state index contributed by atoms with van der Waals surface area (Å²) in [6.45, 7) is 0.135. The van der Waals surface area contributed by atoms with Gasteiger partial charge in [-0.1, -0.05) is 60.1 Å². The summed E-state index contributed by atoms with van der Waals surface area (Å²) >= 11 is 5.89. The molecule has 4 N–H and O–H groups in total. The van der Waals surface area contributed by atoms with Crippen LogP contribution in [-0.2, 0) is 22.2 Å². The first-order valence-corrected chi connectivity index (χ1v) is 15.1. The summed E-state index contributed by atoms with van der Waals surface area (Å²) in [4.78, 5) is -0.0799. The van der Waals surface area contributed by atoms with Crippen LogP contribution in [0.1, 0.15) is 16.7 Å². The minimum atomic E-state index is -4.16. The van der Waals surface area contributed by atoms with Gasteiger partial charge in [0.1, 0.15) is 18.1 Å². The number of aromatic nitrogens is 4. The number of hydrogen-bond donors (Lipinski definition) is 3. The van der Waals surface area contributed by atoms with Crippen molar-refractivity contribution in [2.45, 2.75) is 17.1 Å². The number of rotatable bonds is 8. The molecule has 0 saturated carbocycles. The lowest BCUT2D eigenvalue weighted by Gasteiger charge is -2.25. The van der Waals surface area contributed by atoms with E-state index in [1.54, 1.807) is 48.5 Å². The van der Waals surface area contributed by atoms with E-state index in [-0.39, 0.29) is 17.2 Å². The molecule has 0 aliphatic carbocycles. The van der Waals surface area contributed by atoms with Crippen LogP contribution in [0, 0.1) is 0 Å². The SMILES string of the molecule is N/C(=N\S(=O)(=O)c1ccc(Cl)cc1)N1CC(O)(c2ccccc2)C(c2ccc(OCc3cccc(-c4nn[nH]n4)c3)cc2)=N1. The Bertz CT molecular complexity index is 1940. The van der Waals surface area contributed by atoms with Gasteiger partial charge in [0.2, 0.25) is 11.8 Å². The van der Waals surface area contributed by atoms with Crippen molar-refractivity contribution in [1.29, 1.82) is 0 Å². The molecule has 6 rings (SSSR count). The average Bonchev–Trinajstić information content (AvgIpc) is 3.70. The normalized spacial score (nSPS) is 17.0. The van der Waals surface area contributed by atoms with Crippen LogP contribution in [0.2, 0.25) is 5.02 Å². The fourth-order valence-electron chi connectivity index (χ4n) is 4.69. The minimum absolute atomic E-state index is 0.0799. The van der Waals surface area contributed by atoms with Gasteiger partial charge in [-0.3, -0.25) is 0 Å². The molecule has 12 nitrogen and oxygen atoms in total. The standard InChI is InChI=1S/C30H25ClN8O4S/c31-24-11-15-26(16-12-24)44(41,42)36-29(32)39-19-30(40,23-7-2-1-3-8-23)27(35-39)21-9-13-25(14-10-21)43-18-20-5-4-6-22(17-20)28-33-37-38-34-28/h1-17,40H,18-19H2,(H2,32,36)(H,33,34,37,38). The van der Waals surface area contributed by atoms with Gasteiger partial charge in [-0.2, -0.15) is 18.7 Å². The number of aliphatic hydroxyl groups is 1. The van der Waals surface area contributed by atoms with Crippen molar-refractivity contribution in [1.82, 2.24) is 25.6 Å². The maximum absolute atomic E-state index is 12.9.